The summed E-state index contributed by atoms with van der Waals surface area (Å²) in [5.41, 5.74) is 0.806. The topological polar surface area (TPSA) is 42.2 Å². The van der Waals surface area contributed by atoms with Crippen LogP contribution in [0.5, 0.6) is 0 Å². The lowest BCUT2D eigenvalue weighted by molar-refractivity contribution is -0.0159. The lowest BCUT2D eigenvalue weighted by Gasteiger charge is -2.30. The molecular weight excluding hydrogens is 214 g/mol. The van der Waals surface area contributed by atoms with Crippen molar-refractivity contribution < 1.29 is 9.47 Å². The highest BCUT2D eigenvalue weighted by Gasteiger charge is 2.32. The second kappa shape index (κ2) is 5.81. The van der Waals surface area contributed by atoms with Gasteiger partial charge in [-0.3, -0.25) is 0 Å². The standard InChI is InChI=1S/C14H17NO2/c15-11-14(6-8-16-9-7-14)12-17-10-13-4-2-1-3-5-13/h1-5H,6-10,12H2. The van der Waals surface area contributed by atoms with E-state index in [1.165, 1.54) is 0 Å². The fourth-order valence-electron chi connectivity index (χ4n) is 1.99. The van der Waals surface area contributed by atoms with Crippen LogP contribution in [-0.2, 0) is 16.1 Å². The second-order valence-electron chi connectivity index (χ2n) is 4.48. The van der Waals surface area contributed by atoms with E-state index in [1.54, 1.807) is 0 Å². The largest absolute Gasteiger partial charge is 0.381 e. The van der Waals surface area contributed by atoms with E-state index in [0.29, 0.717) is 26.4 Å². The zero-order valence-electron chi connectivity index (χ0n) is 9.89. The van der Waals surface area contributed by atoms with Crippen molar-refractivity contribution >= 4 is 0 Å². The Balaban J connectivity index is 1.83. The summed E-state index contributed by atoms with van der Waals surface area (Å²) in [6, 6.07) is 12.4. The van der Waals surface area contributed by atoms with Crippen LogP contribution in [0.1, 0.15) is 18.4 Å². The third-order valence-electron chi connectivity index (χ3n) is 3.18. The van der Waals surface area contributed by atoms with Gasteiger partial charge >= 0.3 is 0 Å². The van der Waals surface area contributed by atoms with Crippen LogP contribution in [0.25, 0.3) is 0 Å². The number of nitrogens with zero attached hydrogens (tertiary/aromatic N) is 1. The molecule has 0 unspecified atom stereocenters. The molecule has 0 radical (unpaired) electrons. The molecule has 0 saturated carbocycles. The molecule has 0 aromatic heterocycles. The van der Waals surface area contributed by atoms with E-state index in [4.69, 9.17) is 9.47 Å². The molecule has 0 amide bonds. The van der Waals surface area contributed by atoms with E-state index in [1.807, 2.05) is 30.3 Å². The van der Waals surface area contributed by atoms with Crippen molar-refractivity contribution in [3.8, 4) is 6.07 Å². The van der Waals surface area contributed by atoms with Gasteiger partial charge in [0.15, 0.2) is 0 Å². The van der Waals surface area contributed by atoms with Gasteiger partial charge in [-0.15, -0.1) is 0 Å². The predicted octanol–water partition coefficient (Wildman–Crippen LogP) is 2.52. The molecule has 1 aromatic rings. The van der Waals surface area contributed by atoms with E-state index in [2.05, 4.69) is 6.07 Å². The minimum absolute atomic E-state index is 0.340. The average Bonchev–Trinajstić information content (AvgIpc) is 2.41. The van der Waals surface area contributed by atoms with Crippen LogP contribution in [0.15, 0.2) is 30.3 Å². The van der Waals surface area contributed by atoms with Crippen LogP contribution < -0.4 is 0 Å². The summed E-state index contributed by atoms with van der Waals surface area (Å²) in [6.45, 7) is 2.41. The molecule has 90 valence electrons. The Morgan fingerprint density at radius 1 is 1.24 bits per heavy atom. The predicted molar refractivity (Wildman–Crippen MR) is 64.2 cm³/mol. The van der Waals surface area contributed by atoms with Crippen molar-refractivity contribution in [1.82, 2.24) is 0 Å². The third kappa shape index (κ3) is 3.29. The van der Waals surface area contributed by atoms with Gasteiger partial charge in [-0.2, -0.15) is 5.26 Å². The Morgan fingerprint density at radius 3 is 2.59 bits per heavy atom. The molecule has 17 heavy (non-hydrogen) atoms. The summed E-state index contributed by atoms with van der Waals surface area (Å²) in [7, 11) is 0. The minimum atomic E-state index is -0.340. The van der Waals surface area contributed by atoms with Crippen LogP contribution >= 0.6 is 0 Å². The highest BCUT2D eigenvalue weighted by atomic mass is 16.5. The van der Waals surface area contributed by atoms with Crippen molar-refractivity contribution in [3.63, 3.8) is 0 Å². The van der Waals surface area contributed by atoms with Crippen molar-refractivity contribution in [2.75, 3.05) is 19.8 Å². The fourth-order valence-corrected chi connectivity index (χ4v) is 1.99. The third-order valence-corrected chi connectivity index (χ3v) is 3.18. The van der Waals surface area contributed by atoms with Crippen LogP contribution in [0, 0.1) is 16.7 Å². The Kier molecular flexibility index (Phi) is 4.13. The number of benzene rings is 1. The van der Waals surface area contributed by atoms with Gasteiger partial charge in [0.05, 0.1) is 24.7 Å². The molecule has 1 aliphatic heterocycles. The first-order valence-corrected chi connectivity index (χ1v) is 5.95. The molecule has 0 bridgehead atoms. The highest BCUT2D eigenvalue weighted by Crippen LogP contribution is 2.30. The molecular formula is C14H17NO2. The summed E-state index contributed by atoms with van der Waals surface area (Å²) in [6.07, 6.45) is 1.55. The van der Waals surface area contributed by atoms with Gasteiger partial charge in [0.25, 0.3) is 0 Å². The average molecular weight is 231 g/mol. The molecule has 1 aliphatic rings. The molecule has 2 rings (SSSR count). The zero-order valence-corrected chi connectivity index (χ0v) is 9.89. The SMILES string of the molecule is N#CC1(COCc2ccccc2)CCOCC1. The molecule has 1 fully saturated rings. The van der Waals surface area contributed by atoms with Crippen LogP contribution in [-0.4, -0.2) is 19.8 Å². The van der Waals surface area contributed by atoms with E-state index in [-0.39, 0.29) is 5.41 Å². The first-order valence-electron chi connectivity index (χ1n) is 5.95. The molecule has 3 nitrogen and oxygen atoms in total. The van der Waals surface area contributed by atoms with Gasteiger partial charge in [0.1, 0.15) is 0 Å². The minimum Gasteiger partial charge on any atom is -0.381 e. The van der Waals surface area contributed by atoms with Crippen LogP contribution in [0.2, 0.25) is 0 Å². The van der Waals surface area contributed by atoms with Crippen molar-refractivity contribution in [2.24, 2.45) is 5.41 Å². The van der Waals surface area contributed by atoms with Crippen molar-refractivity contribution in [1.29, 1.82) is 5.26 Å². The van der Waals surface area contributed by atoms with Gasteiger partial charge in [0, 0.05) is 13.2 Å². The summed E-state index contributed by atoms with van der Waals surface area (Å²) >= 11 is 0. The fraction of sp³-hybridized carbons (Fsp3) is 0.500. The molecule has 1 saturated heterocycles. The second-order valence-corrected chi connectivity index (χ2v) is 4.48. The van der Waals surface area contributed by atoms with Gasteiger partial charge in [0.2, 0.25) is 0 Å². The number of nitriles is 1. The maximum atomic E-state index is 9.25. The first-order chi connectivity index (χ1) is 8.35. The van der Waals surface area contributed by atoms with E-state index < -0.39 is 0 Å². The van der Waals surface area contributed by atoms with Gasteiger partial charge in [-0.25, -0.2) is 0 Å². The summed E-state index contributed by atoms with van der Waals surface area (Å²) < 4.78 is 11.0. The normalized spacial score (nSPS) is 18.5. The molecule has 1 aromatic carbocycles. The quantitative estimate of drug-likeness (QED) is 0.799. The highest BCUT2D eigenvalue weighted by molar-refractivity contribution is 5.13. The molecule has 0 N–H and O–H groups in total. The van der Waals surface area contributed by atoms with Gasteiger partial charge in [-0.1, -0.05) is 30.3 Å². The number of hydrogen-bond donors (Lipinski definition) is 0. The van der Waals surface area contributed by atoms with Crippen molar-refractivity contribution in [2.45, 2.75) is 19.4 Å². The van der Waals surface area contributed by atoms with Gasteiger partial charge in [-0.05, 0) is 18.4 Å². The maximum absolute atomic E-state index is 9.25. The molecule has 3 heteroatoms. The monoisotopic (exact) mass is 231 g/mol. The zero-order chi connectivity index (χ0) is 12.0. The van der Waals surface area contributed by atoms with Crippen LogP contribution in [0.3, 0.4) is 0 Å². The van der Waals surface area contributed by atoms with Crippen molar-refractivity contribution in [3.05, 3.63) is 35.9 Å². The van der Waals surface area contributed by atoms with E-state index >= 15 is 0 Å². The molecule has 1 heterocycles. The number of hydrogen-bond acceptors (Lipinski definition) is 3. The lowest BCUT2D eigenvalue weighted by Crippen LogP contribution is -2.32. The number of ether oxygens (including phenoxy) is 2. The summed E-state index contributed by atoms with van der Waals surface area (Å²) in [4.78, 5) is 0. The van der Waals surface area contributed by atoms with E-state index in [0.717, 1.165) is 18.4 Å². The Morgan fingerprint density at radius 2 is 1.94 bits per heavy atom. The summed E-state index contributed by atoms with van der Waals surface area (Å²) in [5.74, 6) is 0. The molecule has 0 spiro atoms. The van der Waals surface area contributed by atoms with E-state index in [9.17, 15) is 5.26 Å². The van der Waals surface area contributed by atoms with Crippen LogP contribution in [0.4, 0.5) is 0 Å². The lowest BCUT2D eigenvalue weighted by atomic mass is 9.83. The molecule has 0 aliphatic carbocycles. The molecule has 0 atom stereocenters. The first kappa shape index (κ1) is 12.1. The summed E-state index contributed by atoms with van der Waals surface area (Å²) in [5, 5.41) is 9.25. The maximum Gasteiger partial charge on any atom is 0.0850 e. The Hall–Kier alpha value is -1.37. The number of rotatable bonds is 4. The van der Waals surface area contributed by atoms with Gasteiger partial charge < -0.3 is 9.47 Å². The Bertz CT molecular complexity index is 377. The Labute approximate surface area is 102 Å². The smallest absolute Gasteiger partial charge is 0.0850 e.